The molecule has 0 aliphatic heterocycles. The van der Waals surface area contributed by atoms with E-state index in [1.54, 1.807) is 30.3 Å². The Balaban J connectivity index is 1.29. The Kier molecular flexibility index (Phi) is 11.2. The van der Waals surface area contributed by atoms with E-state index >= 15 is 0 Å². The Hall–Kier alpha value is -7.47. The van der Waals surface area contributed by atoms with Crippen LogP contribution in [0.4, 0.5) is 34.1 Å². The molecule has 20 nitrogen and oxygen atoms in total. The van der Waals surface area contributed by atoms with Crippen molar-refractivity contribution in [2.24, 2.45) is 36.4 Å². The van der Waals surface area contributed by atoms with Crippen molar-refractivity contribution in [1.29, 1.82) is 0 Å². The number of rotatable bonds is 13. The first-order valence-electron chi connectivity index (χ1n) is 16.6. The number of carbonyl (C=O) groups is 2. The van der Waals surface area contributed by atoms with Crippen LogP contribution >= 0.6 is 12.0 Å². The second kappa shape index (κ2) is 16.6. The second-order valence-corrected chi connectivity index (χ2v) is 14.2. The van der Waals surface area contributed by atoms with E-state index in [-0.39, 0.29) is 44.0 Å². The monoisotopic (exact) mass is 835 g/mol. The Morgan fingerprint density at radius 3 is 2.07 bits per heavy atom. The van der Waals surface area contributed by atoms with Gasteiger partial charge in [0.25, 0.3) is 10.1 Å². The number of phenolic OH excluding ortho intramolecular Hbond substituents is 1. The zero-order chi connectivity index (χ0) is 41.8. The molecule has 6 aromatic carbocycles. The minimum absolute atomic E-state index is 0.0534. The number of aromatic nitrogens is 2. The maximum Gasteiger partial charge on any atom is 0.358 e. The van der Waals surface area contributed by atoms with Crippen LogP contribution < -0.4 is 5.73 Å². The number of carboxylic acids is 1. The molecule has 0 saturated heterocycles. The van der Waals surface area contributed by atoms with Crippen LogP contribution in [0, 0.1) is 0 Å². The number of benzene rings is 6. The van der Waals surface area contributed by atoms with Crippen molar-refractivity contribution in [2.45, 2.75) is 9.79 Å². The smallest absolute Gasteiger partial charge is 0.358 e. The van der Waals surface area contributed by atoms with Gasteiger partial charge in [-0.1, -0.05) is 35.4 Å². The first-order chi connectivity index (χ1) is 28.3. The average molecular weight is 836 g/mol. The standard InChI is InChI=1S/C37H25N9O11S2/c38-35(48)19-6-9-21(10-7-19)39-41-28-14-15-29(27-18-24(59(53,54)55)12-13-25(27)28)42-43-31-30(58-57-56-52)16-20-8-11-22(17-26(20)34(31)47)40-44-32-33(37(50)51)45-46(36(32)49)23-4-2-1-3-5-23/h1-18,47,49,52H,(H2,38,48)(H,50,51)(H,53,54,55). The molecule has 1 heterocycles. The Labute approximate surface area is 335 Å². The number of fused-ring (bicyclic) bond motifs is 2. The van der Waals surface area contributed by atoms with E-state index in [1.165, 1.54) is 66.7 Å². The van der Waals surface area contributed by atoms with Crippen LogP contribution in [-0.4, -0.2) is 55.2 Å². The summed E-state index contributed by atoms with van der Waals surface area (Å²) < 4.78 is 39.7. The molecule has 0 atom stereocenters. The number of nitrogens with zero attached hydrogens (tertiary/aromatic N) is 8. The molecule has 0 aliphatic carbocycles. The minimum Gasteiger partial charge on any atom is -0.505 e. The maximum atomic E-state index is 12.1. The molecule has 0 spiro atoms. The van der Waals surface area contributed by atoms with Gasteiger partial charge in [-0.3, -0.25) is 9.35 Å². The fraction of sp³-hybridized carbons (Fsp3) is 0. The van der Waals surface area contributed by atoms with Gasteiger partial charge in [0.15, 0.2) is 11.4 Å². The molecule has 0 saturated carbocycles. The summed E-state index contributed by atoms with van der Waals surface area (Å²) in [6.07, 6.45) is 0. The Morgan fingerprint density at radius 1 is 0.729 bits per heavy atom. The number of para-hydroxylation sites is 1. The van der Waals surface area contributed by atoms with Crippen molar-refractivity contribution in [2.75, 3.05) is 0 Å². The molecule has 59 heavy (non-hydrogen) atoms. The number of carboxylic acid groups (broad SMARTS) is 1. The number of azo groups is 3. The predicted octanol–water partition coefficient (Wildman–Crippen LogP) is 9.31. The normalized spacial score (nSPS) is 12.1. The molecular formula is C37H25N9O11S2. The van der Waals surface area contributed by atoms with E-state index in [9.17, 15) is 37.9 Å². The lowest BCUT2D eigenvalue weighted by atomic mass is 10.1. The number of carbonyl (C=O) groups excluding carboxylic acids is 1. The summed E-state index contributed by atoms with van der Waals surface area (Å²) in [6.45, 7) is 0. The van der Waals surface area contributed by atoms with E-state index in [0.29, 0.717) is 34.2 Å². The van der Waals surface area contributed by atoms with Crippen LogP contribution in [0.1, 0.15) is 20.8 Å². The number of aromatic hydroxyl groups is 2. The van der Waals surface area contributed by atoms with Crippen molar-refractivity contribution >= 4 is 89.7 Å². The van der Waals surface area contributed by atoms with Gasteiger partial charge in [0, 0.05) is 21.7 Å². The van der Waals surface area contributed by atoms with Crippen LogP contribution in [0.2, 0.25) is 0 Å². The number of amides is 1. The molecule has 7 rings (SSSR count). The fourth-order valence-corrected chi connectivity index (χ4v) is 6.64. The van der Waals surface area contributed by atoms with Gasteiger partial charge in [-0.25, -0.2) is 10.1 Å². The van der Waals surface area contributed by atoms with E-state index in [4.69, 9.17) is 11.0 Å². The molecular weight excluding hydrogens is 811 g/mol. The molecule has 0 radical (unpaired) electrons. The van der Waals surface area contributed by atoms with Gasteiger partial charge < -0.3 is 21.1 Å². The van der Waals surface area contributed by atoms with E-state index in [0.717, 1.165) is 16.8 Å². The van der Waals surface area contributed by atoms with E-state index in [1.807, 2.05) is 0 Å². The largest absolute Gasteiger partial charge is 0.505 e. The summed E-state index contributed by atoms with van der Waals surface area (Å²) >= 11 is 0.462. The van der Waals surface area contributed by atoms with Gasteiger partial charge in [-0.05, 0) is 84.2 Å². The predicted molar refractivity (Wildman–Crippen MR) is 210 cm³/mol. The van der Waals surface area contributed by atoms with Crippen molar-refractivity contribution in [3.05, 3.63) is 120 Å². The molecule has 0 unspecified atom stereocenters. The van der Waals surface area contributed by atoms with Crippen LogP contribution in [0.5, 0.6) is 11.6 Å². The molecule has 0 bridgehead atoms. The number of hydrogen-bond acceptors (Lipinski definition) is 17. The molecule has 7 aromatic rings. The van der Waals surface area contributed by atoms with E-state index < -0.39 is 49.9 Å². The summed E-state index contributed by atoms with van der Waals surface area (Å²) in [5.74, 6) is -3.15. The third-order valence-corrected chi connectivity index (χ3v) is 9.89. The SMILES string of the molecule is NC(=O)c1ccc(N=Nc2ccc(N=Nc3c(SOOO)cc4ccc(N=Nc5c(C(=O)O)nn(-c6ccccc6)c5O)cc4c3O)c3cc(S(=O)(=O)O)ccc23)cc1. The summed E-state index contributed by atoms with van der Waals surface area (Å²) in [4.78, 5) is 23.0. The summed E-state index contributed by atoms with van der Waals surface area (Å²) in [5.41, 5.74) is 5.51. The summed E-state index contributed by atoms with van der Waals surface area (Å²) in [5, 5.41) is 74.8. The average Bonchev–Trinajstić information content (AvgIpc) is 3.57. The third-order valence-electron chi connectivity index (χ3n) is 8.42. The van der Waals surface area contributed by atoms with Crippen LogP contribution in [-0.2, 0) is 19.5 Å². The van der Waals surface area contributed by atoms with E-state index in [2.05, 4.69) is 45.2 Å². The first kappa shape index (κ1) is 39.8. The van der Waals surface area contributed by atoms with Crippen molar-refractivity contribution in [3.8, 4) is 17.3 Å². The first-order valence-corrected chi connectivity index (χ1v) is 18.7. The van der Waals surface area contributed by atoms with Gasteiger partial charge in [-0.2, -0.15) is 28.4 Å². The highest BCUT2D eigenvalue weighted by molar-refractivity contribution is 7.94. The molecule has 1 amide bonds. The van der Waals surface area contributed by atoms with Crippen molar-refractivity contribution < 1.29 is 52.5 Å². The lowest BCUT2D eigenvalue weighted by Gasteiger charge is -2.10. The maximum absolute atomic E-state index is 12.1. The van der Waals surface area contributed by atoms with Crippen LogP contribution in [0.3, 0.4) is 0 Å². The zero-order valence-electron chi connectivity index (χ0n) is 29.5. The Morgan fingerprint density at radius 2 is 1.39 bits per heavy atom. The van der Waals surface area contributed by atoms with Gasteiger partial charge in [0.2, 0.25) is 17.5 Å². The lowest BCUT2D eigenvalue weighted by Crippen LogP contribution is -2.10. The third kappa shape index (κ3) is 8.47. The molecule has 0 aliphatic rings. The highest BCUT2D eigenvalue weighted by atomic mass is 32.2. The number of hydrogen-bond donors (Lipinski definition) is 6. The molecule has 1 aromatic heterocycles. The summed E-state index contributed by atoms with van der Waals surface area (Å²) in [7, 11) is -4.68. The molecule has 7 N–H and O–H groups in total. The molecule has 22 heteroatoms. The van der Waals surface area contributed by atoms with Crippen LogP contribution in [0.25, 0.3) is 27.2 Å². The Bertz CT molecular complexity index is 3000. The van der Waals surface area contributed by atoms with Gasteiger partial charge in [-0.15, -0.1) is 24.8 Å². The van der Waals surface area contributed by atoms with Gasteiger partial charge in [0.05, 0.1) is 50.3 Å². The highest BCUT2D eigenvalue weighted by Crippen LogP contribution is 2.46. The topological polar surface area (TPSA) is 306 Å². The number of nitrogens with two attached hydrogens (primary N) is 1. The van der Waals surface area contributed by atoms with Gasteiger partial charge >= 0.3 is 5.97 Å². The van der Waals surface area contributed by atoms with Gasteiger partial charge in [0.1, 0.15) is 5.69 Å². The highest BCUT2D eigenvalue weighted by Gasteiger charge is 2.24. The van der Waals surface area contributed by atoms with Crippen LogP contribution in [0.15, 0.2) is 150 Å². The minimum atomic E-state index is -4.68. The number of aromatic carboxylic acids is 1. The quantitative estimate of drug-likeness (QED) is 0.0208. The summed E-state index contributed by atoms with van der Waals surface area (Å²) in [6, 6.07) is 26.8. The van der Waals surface area contributed by atoms with Crippen molar-refractivity contribution in [3.63, 3.8) is 0 Å². The fourth-order valence-electron chi connectivity index (χ4n) is 5.64. The number of primary amides is 1. The number of phenols is 1. The molecule has 0 fully saturated rings. The lowest BCUT2D eigenvalue weighted by molar-refractivity contribution is -0.432. The second-order valence-electron chi connectivity index (χ2n) is 12.1. The molecule has 296 valence electrons. The van der Waals surface area contributed by atoms with Crippen molar-refractivity contribution in [1.82, 2.24) is 9.78 Å². The zero-order valence-corrected chi connectivity index (χ0v) is 31.2.